The molecule has 12 heavy (non-hydrogen) atoms. The van der Waals surface area contributed by atoms with Crippen molar-refractivity contribution in [1.82, 2.24) is 0 Å². The highest BCUT2D eigenvalue weighted by Gasteiger charge is 2.04. The molecule has 4 heteroatoms. The van der Waals surface area contributed by atoms with Crippen molar-refractivity contribution in [2.45, 2.75) is 0 Å². The molecule has 0 saturated carbocycles. The van der Waals surface area contributed by atoms with Crippen LogP contribution in [0.15, 0.2) is 30.3 Å². The molecule has 0 aliphatic carbocycles. The average Bonchev–Trinajstić information content (AvgIpc) is 2.16. The molecular formula is C8H12NO2P. The van der Waals surface area contributed by atoms with Gasteiger partial charge in [-0.2, -0.15) is 0 Å². The number of hydrogen-bond donors (Lipinski definition) is 1. The van der Waals surface area contributed by atoms with Crippen LogP contribution < -0.4 is 5.09 Å². The van der Waals surface area contributed by atoms with E-state index >= 15 is 0 Å². The highest BCUT2D eigenvalue weighted by Crippen LogP contribution is 2.36. The van der Waals surface area contributed by atoms with Gasteiger partial charge >= 0.3 is 0 Å². The quantitative estimate of drug-likeness (QED) is 0.731. The fraction of sp³-hybridized carbons (Fsp3) is 0.250. The van der Waals surface area contributed by atoms with Gasteiger partial charge in [0, 0.05) is 19.9 Å². The fourth-order valence-corrected chi connectivity index (χ4v) is 1.48. The van der Waals surface area contributed by atoms with E-state index in [1.54, 1.807) is 14.2 Å². The zero-order valence-corrected chi connectivity index (χ0v) is 8.04. The topological polar surface area (TPSA) is 30.5 Å². The van der Waals surface area contributed by atoms with E-state index in [0.717, 1.165) is 5.69 Å². The van der Waals surface area contributed by atoms with Crippen molar-refractivity contribution in [2.24, 2.45) is 0 Å². The van der Waals surface area contributed by atoms with Crippen LogP contribution in [0.4, 0.5) is 5.69 Å². The van der Waals surface area contributed by atoms with Gasteiger partial charge in [-0.3, -0.25) is 0 Å². The number of rotatable bonds is 4. The van der Waals surface area contributed by atoms with Gasteiger partial charge in [-0.15, -0.1) is 0 Å². The lowest BCUT2D eigenvalue weighted by Crippen LogP contribution is -1.94. The van der Waals surface area contributed by atoms with E-state index in [4.69, 9.17) is 9.05 Å². The van der Waals surface area contributed by atoms with Crippen molar-refractivity contribution in [3.05, 3.63) is 30.3 Å². The highest BCUT2D eigenvalue weighted by molar-refractivity contribution is 7.48. The fourth-order valence-electron chi connectivity index (χ4n) is 0.784. The van der Waals surface area contributed by atoms with Crippen molar-refractivity contribution in [2.75, 3.05) is 19.3 Å². The Balaban J connectivity index is 2.51. The predicted molar refractivity (Wildman–Crippen MR) is 51.0 cm³/mol. The highest BCUT2D eigenvalue weighted by atomic mass is 31.2. The number of benzene rings is 1. The Morgan fingerprint density at radius 2 is 1.67 bits per heavy atom. The van der Waals surface area contributed by atoms with Gasteiger partial charge in [-0.1, -0.05) is 18.2 Å². The first-order valence-corrected chi connectivity index (χ1v) is 4.74. The molecule has 3 nitrogen and oxygen atoms in total. The molecular weight excluding hydrogens is 173 g/mol. The van der Waals surface area contributed by atoms with E-state index in [1.165, 1.54) is 0 Å². The van der Waals surface area contributed by atoms with Crippen LogP contribution in [0.1, 0.15) is 0 Å². The zero-order chi connectivity index (χ0) is 8.81. The second-order valence-corrected chi connectivity index (χ2v) is 3.57. The van der Waals surface area contributed by atoms with Crippen LogP contribution in [-0.2, 0) is 9.05 Å². The normalized spacial score (nSPS) is 10.2. The number of anilines is 1. The molecule has 66 valence electrons. The molecule has 0 amide bonds. The summed E-state index contributed by atoms with van der Waals surface area (Å²) in [5.41, 5.74) is 1.01. The van der Waals surface area contributed by atoms with Gasteiger partial charge in [0.15, 0.2) is 0 Å². The molecule has 0 atom stereocenters. The Bertz CT molecular complexity index is 214. The molecule has 0 aliphatic rings. The van der Waals surface area contributed by atoms with Crippen LogP contribution in [0.2, 0.25) is 0 Å². The van der Waals surface area contributed by atoms with E-state index < -0.39 is 8.53 Å². The van der Waals surface area contributed by atoms with Crippen molar-refractivity contribution < 1.29 is 9.05 Å². The number of nitrogens with one attached hydrogen (secondary N) is 1. The summed E-state index contributed by atoms with van der Waals surface area (Å²) in [5, 5.41) is 3.10. The molecule has 0 saturated heterocycles. The minimum Gasteiger partial charge on any atom is -0.321 e. The molecule has 0 radical (unpaired) electrons. The smallest absolute Gasteiger partial charge is 0.286 e. The summed E-state index contributed by atoms with van der Waals surface area (Å²) in [6.45, 7) is 0. The maximum absolute atomic E-state index is 5.03. The van der Waals surface area contributed by atoms with Gasteiger partial charge in [0.25, 0.3) is 8.53 Å². The third-order valence-electron chi connectivity index (χ3n) is 1.33. The summed E-state index contributed by atoms with van der Waals surface area (Å²) in [4.78, 5) is 0. The van der Waals surface area contributed by atoms with Crippen molar-refractivity contribution >= 4 is 14.2 Å². The SMILES string of the molecule is COP(Nc1ccccc1)OC. The predicted octanol–water partition coefficient (Wildman–Crippen LogP) is 2.62. The molecule has 0 heterocycles. The first kappa shape index (κ1) is 9.46. The lowest BCUT2D eigenvalue weighted by molar-refractivity contribution is 0.345. The summed E-state index contributed by atoms with van der Waals surface area (Å²) in [6.07, 6.45) is 0. The molecule has 0 spiro atoms. The summed E-state index contributed by atoms with van der Waals surface area (Å²) >= 11 is 0. The molecule has 0 unspecified atom stereocenters. The first-order chi connectivity index (χ1) is 5.86. The zero-order valence-electron chi connectivity index (χ0n) is 7.15. The Hall–Kier alpha value is -0.630. The summed E-state index contributed by atoms with van der Waals surface area (Å²) < 4.78 is 10.1. The van der Waals surface area contributed by atoms with Crippen LogP contribution in [-0.4, -0.2) is 14.2 Å². The molecule has 0 bridgehead atoms. The van der Waals surface area contributed by atoms with Gasteiger partial charge in [0.1, 0.15) is 0 Å². The summed E-state index contributed by atoms with van der Waals surface area (Å²) in [6, 6.07) is 9.82. The standard InChI is InChI=1S/C8H12NO2P/c1-10-12(11-2)9-8-6-4-3-5-7-8/h3-7,9H,1-2H3. The Labute approximate surface area is 73.7 Å². The molecule has 0 fully saturated rings. The van der Waals surface area contributed by atoms with Gasteiger partial charge in [0.2, 0.25) is 0 Å². The van der Waals surface area contributed by atoms with Crippen molar-refractivity contribution in [3.63, 3.8) is 0 Å². The van der Waals surface area contributed by atoms with Crippen molar-refractivity contribution in [1.29, 1.82) is 0 Å². The van der Waals surface area contributed by atoms with E-state index in [1.807, 2.05) is 30.3 Å². The third-order valence-corrected chi connectivity index (χ3v) is 2.43. The van der Waals surface area contributed by atoms with Crippen molar-refractivity contribution in [3.8, 4) is 0 Å². The Morgan fingerprint density at radius 3 is 2.17 bits per heavy atom. The molecule has 1 rings (SSSR count). The average molecular weight is 185 g/mol. The second kappa shape index (κ2) is 5.09. The van der Waals surface area contributed by atoms with Crippen LogP contribution in [0, 0.1) is 0 Å². The van der Waals surface area contributed by atoms with Crippen LogP contribution in [0.5, 0.6) is 0 Å². The largest absolute Gasteiger partial charge is 0.321 e. The second-order valence-electron chi connectivity index (χ2n) is 2.10. The van der Waals surface area contributed by atoms with Gasteiger partial charge in [0.05, 0.1) is 0 Å². The molecule has 0 aliphatic heterocycles. The number of hydrogen-bond acceptors (Lipinski definition) is 3. The number of para-hydroxylation sites is 1. The monoisotopic (exact) mass is 185 g/mol. The lowest BCUT2D eigenvalue weighted by Gasteiger charge is -2.13. The first-order valence-electron chi connectivity index (χ1n) is 3.57. The van der Waals surface area contributed by atoms with Crippen LogP contribution in [0.3, 0.4) is 0 Å². The summed E-state index contributed by atoms with van der Waals surface area (Å²) in [7, 11) is 2.25. The van der Waals surface area contributed by atoms with E-state index in [-0.39, 0.29) is 0 Å². The van der Waals surface area contributed by atoms with Crippen LogP contribution >= 0.6 is 8.53 Å². The maximum atomic E-state index is 5.03. The Morgan fingerprint density at radius 1 is 1.08 bits per heavy atom. The van der Waals surface area contributed by atoms with Gasteiger partial charge in [-0.25, -0.2) is 0 Å². The minimum absolute atomic E-state index is 0.983. The third kappa shape index (κ3) is 2.78. The van der Waals surface area contributed by atoms with E-state index in [0.29, 0.717) is 0 Å². The lowest BCUT2D eigenvalue weighted by atomic mass is 10.3. The Kier molecular flexibility index (Phi) is 4.01. The van der Waals surface area contributed by atoms with Gasteiger partial charge in [-0.05, 0) is 12.1 Å². The summed E-state index contributed by atoms with van der Waals surface area (Å²) in [5.74, 6) is 0. The van der Waals surface area contributed by atoms with Gasteiger partial charge < -0.3 is 14.1 Å². The minimum atomic E-state index is -0.983. The molecule has 1 aromatic rings. The maximum Gasteiger partial charge on any atom is 0.286 e. The molecule has 1 aromatic carbocycles. The van der Waals surface area contributed by atoms with E-state index in [2.05, 4.69) is 5.09 Å². The molecule has 0 aromatic heterocycles. The van der Waals surface area contributed by atoms with E-state index in [9.17, 15) is 0 Å². The molecule has 1 N–H and O–H groups in total. The van der Waals surface area contributed by atoms with Crippen LogP contribution in [0.25, 0.3) is 0 Å².